The van der Waals surface area contributed by atoms with Crippen molar-refractivity contribution >= 4 is 11.8 Å². The Morgan fingerprint density at radius 1 is 1.13 bits per heavy atom. The van der Waals surface area contributed by atoms with Crippen LogP contribution in [0.5, 0.6) is 0 Å². The molecule has 3 heterocycles. The van der Waals surface area contributed by atoms with Crippen LogP contribution in [0.2, 0.25) is 0 Å². The third kappa shape index (κ3) is 4.55. The van der Waals surface area contributed by atoms with Gasteiger partial charge < -0.3 is 9.80 Å². The molecular weight excluding hydrogens is 414 g/mol. The Morgan fingerprint density at radius 3 is 2.55 bits per heavy atom. The monoisotopic (exact) mass is 435 g/mol. The van der Waals surface area contributed by atoms with Crippen LogP contribution in [-0.2, 0) is 17.5 Å². The minimum absolute atomic E-state index is 0.00649. The number of hydrogen-bond donors (Lipinski definition) is 0. The summed E-state index contributed by atoms with van der Waals surface area (Å²) in [6, 6.07) is 8.18. The Hall–Kier alpha value is -2.97. The molecule has 1 aromatic carbocycles. The van der Waals surface area contributed by atoms with Gasteiger partial charge in [0.15, 0.2) is 0 Å². The summed E-state index contributed by atoms with van der Waals surface area (Å²) in [5.41, 5.74) is -0.692. The van der Waals surface area contributed by atoms with Crippen LogP contribution in [0.3, 0.4) is 0 Å². The Balaban J connectivity index is 1.39. The number of alkyl halides is 3. The van der Waals surface area contributed by atoms with Gasteiger partial charge in [-0.1, -0.05) is 12.1 Å². The number of amides is 2. The van der Waals surface area contributed by atoms with Crippen molar-refractivity contribution in [2.24, 2.45) is 5.41 Å². The summed E-state index contributed by atoms with van der Waals surface area (Å²) < 4.78 is 52.1. The van der Waals surface area contributed by atoms with E-state index < -0.39 is 17.8 Å². The third-order valence-corrected chi connectivity index (χ3v) is 6.08. The number of carbonyl (C=O) groups is 2. The van der Waals surface area contributed by atoms with Gasteiger partial charge in [0.1, 0.15) is 11.5 Å². The normalized spacial score (nSPS) is 18.6. The molecule has 2 amide bonds. The Bertz CT molecular complexity index is 1000. The lowest BCUT2D eigenvalue weighted by molar-refractivity contribution is -0.141. The van der Waals surface area contributed by atoms with Gasteiger partial charge in [-0.15, -0.1) is 0 Å². The molecule has 2 aliphatic heterocycles. The summed E-state index contributed by atoms with van der Waals surface area (Å²) in [5.74, 6) is -0.827. The number of nitrogens with zero attached hydrogens (tertiary/aromatic N) is 3. The van der Waals surface area contributed by atoms with E-state index in [9.17, 15) is 27.2 Å². The zero-order valence-electron chi connectivity index (χ0n) is 16.7. The zero-order chi connectivity index (χ0) is 22.2. The van der Waals surface area contributed by atoms with Gasteiger partial charge in [0.05, 0.1) is 0 Å². The number of rotatable bonds is 3. The van der Waals surface area contributed by atoms with Crippen molar-refractivity contribution in [2.75, 3.05) is 19.6 Å². The Labute approximate surface area is 176 Å². The van der Waals surface area contributed by atoms with Crippen LogP contribution in [0, 0.1) is 11.2 Å². The highest BCUT2D eigenvalue weighted by molar-refractivity contribution is 5.94. The lowest BCUT2D eigenvalue weighted by Gasteiger charge is -2.38. The first kappa shape index (κ1) is 21.3. The average Bonchev–Trinajstić information content (AvgIpc) is 3.02. The molecule has 0 bridgehead atoms. The van der Waals surface area contributed by atoms with Gasteiger partial charge in [0.2, 0.25) is 5.91 Å². The maximum atomic E-state index is 13.4. The van der Waals surface area contributed by atoms with Gasteiger partial charge in [-0.2, -0.15) is 13.2 Å². The zero-order valence-corrected chi connectivity index (χ0v) is 16.7. The van der Waals surface area contributed by atoms with Gasteiger partial charge in [-0.25, -0.2) is 4.39 Å². The molecule has 0 radical (unpaired) electrons. The van der Waals surface area contributed by atoms with Crippen molar-refractivity contribution < 1.29 is 27.2 Å². The topological polar surface area (TPSA) is 53.5 Å². The first-order valence-electron chi connectivity index (χ1n) is 10.0. The fourth-order valence-corrected chi connectivity index (χ4v) is 4.40. The first-order valence-corrected chi connectivity index (χ1v) is 10.0. The predicted molar refractivity (Wildman–Crippen MR) is 103 cm³/mol. The molecule has 2 saturated heterocycles. The van der Waals surface area contributed by atoms with Crippen LogP contribution in [0.15, 0.2) is 42.6 Å². The first-order chi connectivity index (χ1) is 14.7. The van der Waals surface area contributed by atoms with Crippen LogP contribution in [0.4, 0.5) is 17.6 Å². The number of aromatic nitrogens is 1. The van der Waals surface area contributed by atoms with E-state index in [4.69, 9.17) is 0 Å². The van der Waals surface area contributed by atoms with Gasteiger partial charge >= 0.3 is 6.18 Å². The second-order valence-corrected chi connectivity index (χ2v) is 8.28. The van der Waals surface area contributed by atoms with Gasteiger partial charge in [0, 0.05) is 49.8 Å². The molecular formula is C22H21F4N3O2. The fraction of sp³-hybridized carbons (Fsp3) is 0.409. The third-order valence-electron chi connectivity index (χ3n) is 6.08. The quantitative estimate of drug-likeness (QED) is 0.688. The molecule has 0 aliphatic carbocycles. The molecule has 31 heavy (non-hydrogen) atoms. The van der Waals surface area contributed by atoms with Crippen molar-refractivity contribution in [1.82, 2.24) is 14.8 Å². The van der Waals surface area contributed by atoms with E-state index in [2.05, 4.69) is 4.98 Å². The Morgan fingerprint density at radius 2 is 1.87 bits per heavy atom. The summed E-state index contributed by atoms with van der Waals surface area (Å²) in [6.07, 6.45) is -2.10. The smallest absolute Gasteiger partial charge is 0.339 e. The lowest BCUT2D eigenvalue weighted by Crippen LogP contribution is -2.44. The van der Waals surface area contributed by atoms with E-state index in [1.165, 1.54) is 23.1 Å². The number of benzene rings is 1. The van der Waals surface area contributed by atoms with Crippen molar-refractivity contribution in [1.29, 1.82) is 0 Å². The number of carbonyl (C=O) groups excluding carboxylic acids is 2. The SMILES string of the molecule is O=C1CC2(CCN(C(=O)c3ccnc(C(F)(F)F)c3)CC2)CN1Cc1cccc(F)c1. The molecule has 0 unspecified atom stereocenters. The highest BCUT2D eigenvalue weighted by Gasteiger charge is 2.45. The highest BCUT2D eigenvalue weighted by atomic mass is 19.4. The van der Waals surface area contributed by atoms with E-state index in [-0.39, 0.29) is 22.7 Å². The number of hydrogen-bond acceptors (Lipinski definition) is 3. The van der Waals surface area contributed by atoms with Crippen molar-refractivity contribution in [2.45, 2.75) is 32.0 Å². The average molecular weight is 435 g/mol. The van der Waals surface area contributed by atoms with E-state index in [0.29, 0.717) is 45.4 Å². The van der Waals surface area contributed by atoms with E-state index >= 15 is 0 Å². The molecule has 1 aromatic heterocycles. The summed E-state index contributed by atoms with van der Waals surface area (Å²) in [5, 5.41) is 0. The second kappa shape index (κ2) is 7.94. The summed E-state index contributed by atoms with van der Waals surface area (Å²) >= 11 is 0. The highest BCUT2D eigenvalue weighted by Crippen LogP contribution is 2.41. The van der Waals surface area contributed by atoms with Gasteiger partial charge in [-0.3, -0.25) is 14.6 Å². The molecule has 1 spiro atoms. The van der Waals surface area contributed by atoms with Gasteiger partial charge in [0.25, 0.3) is 5.91 Å². The minimum Gasteiger partial charge on any atom is -0.339 e. The lowest BCUT2D eigenvalue weighted by atomic mass is 9.77. The maximum Gasteiger partial charge on any atom is 0.433 e. The number of likely N-dealkylation sites (tertiary alicyclic amines) is 2. The molecule has 0 saturated carbocycles. The summed E-state index contributed by atoms with van der Waals surface area (Å²) in [4.78, 5) is 31.8. The fourth-order valence-electron chi connectivity index (χ4n) is 4.40. The van der Waals surface area contributed by atoms with Crippen LogP contribution in [0.1, 0.15) is 40.9 Å². The molecule has 0 atom stereocenters. The molecule has 9 heteroatoms. The number of pyridine rings is 1. The van der Waals surface area contributed by atoms with E-state index in [1.54, 1.807) is 17.0 Å². The largest absolute Gasteiger partial charge is 0.433 e. The second-order valence-electron chi connectivity index (χ2n) is 8.28. The van der Waals surface area contributed by atoms with Crippen LogP contribution >= 0.6 is 0 Å². The number of piperidine rings is 1. The van der Waals surface area contributed by atoms with Crippen molar-refractivity contribution in [3.8, 4) is 0 Å². The Kier molecular flexibility index (Phi) is 5.45. The van der Waals surface area contributed by atoms with Crippen molar-refractivity contribution in [3.05, 3.63) is 65.2 Å². The maximum absolute atomic E-state index is 13.4. The van der Waals surface area contributed by atoms with Crippen LogP contribution in [0.25, 0.3) is 0 Å². The molecule has 2 aromatic rings. The summed E-state index contributed by atoms with van der Waals surface area (Å²) in [7, 11) is 0. The van der Waals surface area contributed by atoms with Gasteiger partial charge in [-0.05, 0) is 42.7 Å². The van der Waals surface area contributed by atoms with E-state index in [0.717, 1.165) is 17.8 Å². The molecule has 2 aliphatic rings. The van der Waals surface area contributed by atoms with Crippen molar-refractivity contribution in [3.63, 3.8) is 0 Å². The molecule has 164 valence electrons. The molecule has 4 rings (SSSR count). The van der Waals surface area contributed by atoms with Crippen LogP contribution in [-0.4, -0.2) is 46.2 Å². The minimum atomic E-state index is -4.61. The number of halogens is 4. The summed E-state index contributed by atoms with van der Waals surface area (Å²) in [6.45, 7) is 1.59. The molecule has 2 fully saturated rings. The molecule has 5 nitrogen and oxygen atoms in total. The van der Waals surface area contributed by atoms with E-state index in [1.807, 2.05) is 0 Å². The molecule has 0 N–H and O–H groups in total. The predicted octanol–water partition coefficient (Wildman–Crippen LogP) is 3.89. The van der Waals surface area contributed by atoms with Crippen LogP contribution < -0.4 is 0 Å². The standard InChI is InChI=1S/C22H21F4N3O2/c23-17-3-1-2-15(10-17)13-29-14-21(12-19(29)30)5-8-28(9-6-21)20(31)16-4-7-27-18(11-16)22(24,25)26/h1-4,7,10-11H,5-6,8-9,12-14H2.